The molecule has 0 radical (unpaired) electrons. The number of hydrogen-bond acceptors (Lipinski definition) is 4. The van der Waals surface area contributed by atoms with Crippen LogP contribution in [-0.4, -0.2) is 37.4 Å². The number of nitrogens with one attached hydrogen (secondary N) is 3. The van der Waals surface area contributed by atoms with Crippen LogP contribution in [0.2, 0.25) is 0 Å². The molecule has 82 valence electrons. The van der Waals surface area contributed by atoms with Gasteiger partial charge in [-0.1, -0.05) is 0 Å². The van der Waals surface area contributed by atoms with E-state index >= 15 is 0 Å². The first-order valence-corrected chi connectivity index (χ1v) is 4.21. The molecule has 0 atom stereocenters. The van der Waals surface area contributed by atoms with E-state index in [4.69, 9.17) is 5.26 Å². The normalized spacial score (nSPS) is 8.53. The summed E-state index contributed by atoms with van der Waals surface area (Å²) in [5.74, 6) is -1.23. The first-order valence-electron chi connectivity index (χ1n) is 4.21. The summed E-state index contributed by atoms with van der Waals surface area (Å²) in [6.45, 7) is 0.814. The second-order valence-electron chi connectivity index (χ2n) is 2.62. The molecule has 7 nitrogen and oxygen atoms in total. The lowest BCUT2D eigenvalue weighted by atomic mass is 10.5. The number of carbonyl (C=O) groups is 3. The zero-order chi connectivity index (χ0) is 11.7. The Kier molecular flexibility index (Phi) is 6.29. The fourth-order valence-corrected chi connectivity index (χ4v) is 0.647. The van der Waals surface area contributed by atoms with Crippen LogP contribution >= 0.6 is 0 Å². The molecule has 7 heteroatoms. The van der Waals surface area contributed by atoms with Crippen molar-refractivity contribution in [3.05, 3.63) is 0 Å². The van der Waals surface area contributed by atoms with Gasteiger partial charge in [-0.25, -0.2) is 0 Å². The third-order valence-corrected chi connectivity index (χ3v) is 1.31. The average Bonchev–Trinajstić information content (AvgIpc) is 2.20. The summed E-state index contributed by atoms with van der Waals surface area (Å²) in [7, 11) is 0. The van der Waals surface area contributed by atoms with Gasteiger partial charge in [0, 0.05) is 6.92 Å². The lowest BCUT2D eigenvalue weighted by Crippen LogP contribution is -2.41. The van der Waals surface area contributed by atoms with Gasteiger partial charge in [-0.3, -0.25) is 14.4 Å². The quantitative estimate of drug-likeness (QED) is 0.452. The highest BCUT2D eigenvalue weighted by atomic mass is 16.2. The smallest absolute Gasteiger partial charge is 0.240 e. The van der Waals surface area contributed by atoms with E-state index in [2.05, 4.69) is 16.0 Å². The van der Waals surface area contributed by atoms with Crippen molar-refractivity contribution in [1.82, 2.24) is 16.0 Å². The van der Waals surface area contributed by atoms with Crippen LogP contribution in [0.15, 0.2) is 0 Å². The van der Waals surface area contributed by atoms with Crippen LogP contribution in [0.4, 0.5) is 0 Å². The zero-order valence-corrected chi connectivity index (χ0v) is 8.29. The van der Waals surface area contributed by atoms with Gasteiger partial charge < -0.3 is 16.0 Å². The van der Waals surface area contributed by atoms with Crippen LogP contribution in [0.25, 0.3) is 0 Å². The molecule has 0 aliphatic rings. The Balaban J connectivity index is 3.58. The number of rotatable bonds is 5. The summed E-state index contributed by atoms with van der Waals surface area (Å²) >= 11 is 0. The SMILES string of the molecule is CC(=O)NCC(=O)NCC(=O)NCC#N. The lowest BCUT2D eigenvalue weighted by molar-refractivity contribution is -0.127. The van der Waals surface area contributed by atoms with Gasteiger partial charge in [0.05, 0.1) is 19.2 Å². The Bertz CT molecular complexity index is 295. The first-order chi connectivity index (χ1) is 7.06. The molecule has 0 saturated carbocycles. The van der Waals surface area contributed by atoms with Gasteiger partial charge in [-0.05, 0) is 0 Å². The van der Waals surface area contributed by atoms with Crippen LogP contribution < -0.4 is 16.0 Å². The van der Waals surface area contributed by atoms with Gasteiger partial charge in [0.15, 0.2) is 0 Å². The topological polar surface area (TPSA) is 111 Å². The fraction of sp³-hybridized carbons (Fsp3) is 0.500. The summed E-state index contributed by atoms with van der Waals surface area (Å²) in [4.78, 5) is 32.3. The molecule has 0 saturated heterocycles. The molecule has 3 N–H and O–H groups in total. The number of nitrogens with zero attached hydrogens (tertiary/aromatic N) is 1. The number of nitriles is 1. The average molecular weight is 212 g/mol. The molecule has 0 aromatic rings. The molecular weight excluding hydrogens is 200 g/mol. The summed E-state index contributed by atoms with van der Waals surface area (Å²) in [5.41, 5.74) is 0. The molecule has 0 aromatic heterocycles. The van der Waals surface area contributed by atoms with Gasteiger partial charge in [0.2, 0.25) is 17.7 Å². The molecule has 0 aromatic carbocycles. The zero-order valence-electron chi connectivity index (χ0n) is 8.29. The van der Waals surface area contributed by atoms with Crippen molar-refractivity contribution >= 4 is 17.7 Å². The fourth-order valence-electron chi connectivity index (χ4n) is 0.647. The third kappa shape index (κ3) is 8.24. The molecule has 0 fully saturated rings. The van der Waals surface area contributed by atoms with Crippen molar-refractivity contribution < 1.29 is 14.4 Å². The molecule has 0 rings (SSSR count). The maximum Gasteiger partial charge on any atom is 0.240 e. The Morgan fingerprint density at radius 2 is 1.60 bits per heavy atom. The summed E-state index contributed by atoms with van der Waals surface area (Å²) in [6, 6.07) is 1.72. The van der Waals surface area contributed by atoms with Crippen molar-refractivity contribution in [3.63, 3.8) is 0 Å². The summed E-state index contributed by atoms with van der Waals surface area (Å²) in [5, 5.41) is 14.9. The monoisotopic (exact) mass is 212 g/mol. The Labute approximate surface area is 86.8 Å². The molecule has 0 aliphatic heterocycles. The van der Waals surface area contributed by atoms with Gasteiger partial charge in [-0.2, -0.15) is 5.26 Å². The van der Waals surface area contributed by atoms with Crippen molar-refractivity contribution in [1.29, 1.82) is 5.26 Å². The van der Waals surface area contributed by atoms with Crippen LogP contribution in [0.1, 0.15) is 6.92 Å². The molecule has 0 heterocycles. The molecule has 15 heavy (non-hydrogen) atoms. The maximum absolute atomic E-state index is 11.0. The predicted octanol–water partition coefficient (Wildman–Crippen LogP) is -2.12. The van der Waals surface area contributed by atoms with Crippen LogP contribution in [-0.2, 0) is 14.4 Å². The van der Waals surface area contributed by atoms with E-state index in [9.17, 15) is 14.4 Å². The van der Waals surface area contributed by atoms with Gasteiger partial charge in [-0.15, -0.1) is 0 Å². The van der Waals surface area contributed by atoms with E-state index in [1.165, 1.54) is 6.92 Å². The Hall–Kier alpha value is -2.10. The largest absolute Gasteiger partial charge is 0.347 e. The number of amides is 3. The number of carbonyl (C=O) groups excluding carboxylic acids is 3. The maximum atomic E-state index is 11.0. The van der Waals surface area contributed by atoms with Crippen molar-refractivity contribution in [2.75, 3.05) is 19.6 Å². The van der Waals surface area contributed by atoms with Crippen LogP contribution in [0, 0.1) is 11.3 Å². The third-order valence-electron chi connectivity index (χ3n) is 1.31. The van der Waals surface area contributed by atoms with Gasteiger partial charge in [0.1, 0.15) is 6.54 Å². The Morgan fingerprint density at radius 1 is 1.07 bits per heavy atom. The minimum atomic E-state index is -0.461. The standard InChI is InChI=1S/C8H12N4O3/c1-6(13)11-4-8(15)12-5-7(14)10-3-2-9/h3-5H2,1H3,(H,10,14)(H,11,13)(H,12,15). The van der Waals surface area contributed by atoms with Gasteiger partial charge in [0.25, 0.3) is 0 Å². The van der Waals surface area contributed by atoms with Gasteiger partial charge >= 0.3 is 0 Å². The summed E-state index contributed by atoms with van der Waals surface area (Å²) in [6.07, 6.45) is 0. The highest BCUT2D eigenvalue weighted by molar-refractivity contribution is 5.87. The first kappa shape index (κ1) is 12.9. The predicted molar refractivity (Wildman–Crippen MR) is 50.3 cm³/mol. The lowest BCUT2D eigenvalue weighted by Gasteiger charge is -2.04. The Morgan fingerprint density at radius 3 is 2.13 bits per heavy atom. The molecule has 0 aliphatic carbocycles. The molecular formula is C8H12N4O3. The number of hydrogen-bond donors (Lipinski definition) is 3. The van der Waals surface area contributed by atoms with E-state index in [0.717, 1.165) is 0 Å². The van der Waals surface area contributed by atoms with E-state index in [-0.39, 0.29) is 25.5 Å². The molecule has 3 amide bonds. The second kappa shape index (κ2) is 7.32. The van der Waals surface area contributed by atoms with E-state index in [0.29, 0.717) is 0 Å². The van der Waals surface area contributed by atoms with Crippen LogP contribution in [0.3, 0.4) is 0 Å². The highest BCUT2D eigenvalue weighted by Gasteiger charge is 2.04. The van der Waals surface area contributed by atoms with Crippen molar-refractivity contribution in [3.8, 4) is 6.07 Å². The molecule has 0 unspecified atom stereocenters. The van der Waals surface area contributed by atoms with E-state index in [1.54, 1.807) is 6.07 Å². The summed E-state index contributed by atoms with van der Waals surface area (Å²) < 4.78 is 0. The van der Waals surface area contributed by atoms with E-state index < -0.39 is 11.8 Å². The molecule has 0 spiro atoms. The van der Waals surface area contributed by atoms with Crippen LogP contribution in [0.5, 0.6) is 0 Å². The molecule has 0 bridgehead atoms. The highest BCUT2D eigenvalue weighted by Crippen LogP contribution is 1.68. The second-order valence-corrected chi connectivity index (χ2v) is 2.62. The van der Waals surface area contributed by atoms with Crippen molar-refractivity contribution in [2.45, 2.75) is 6.92 Å². The van der Waals surface area contributed by atoms with Crippen molar-refractivity contribution in [2.24, 2.45) is 0 Å². The minimum absolute atomic E-state index is 0.0968. The van der Waals surface area contributed by atoms with E-state index in [1.807, 2.05) is 0 Å². The minimum Gasteiger partial charge on any atom is -0.347 e.